The second-order valence-corrected chi connectivity index (χ2v) is 12.4. The van der Waals surface area contributed by atoms with Crippen molar-refractivity contribution < 1.29 is 24.2 Å². The third-order valence-corrected chi connectivity index (χ3v) is 7.20. The van der Waals surface area contributed by atoms with Gasteiger partial charge in [-0.15, -0.1) is 0 Å². The molecule has 42 heavy (non-hydrogen) atoms. The van der Waals surface area contributed by atoms with Crippen LogP contribution in [0.4, 0.5) is 4.79 Å². The summed E-state index contributed by atoms with van der Waals surface area (Å²) in [6.07, 6.45) is 3.33. The number of alkyl carbamates (subject to hydrolysis) is 1. The molecule has 8 heteroatoms. The van der Waals surface area contributed by atoms with Crippen LogP contribution in [0.15, 0.2) is 55.1 Å². The van der Waals surface area contributed by atoms with E-state index in [9.17, 15) is 19.5 Å². The predicted octanol–water partition coefficient (Wildman–Crippen LogP) is 6.53. The molecule has 2 rings (SSSR count). The summed E-state index contributed by atoms with van der Waals surface area (Å²) in [5.41, 5.74) is 0.634. The van der Waals surface area contributed by atoms with E-state index < -0.39 is 35.2 Å². The molecule has 0 heterocycles. The van der Waals surface area contributed by atoms with Crippen LogP contribution in [0.3, 0.4) is 0 Å². The first-order chi connectivity index (χ1) is 19.6. The zero-order valence-corrected chi connectivity index (χ0v) is 26.5. The average Bonchev–Trinajstić information content (AvgIpc) is 2.91. The summed E-state index contributed by atoms with van der Waals surface area (Å²) >= 11 is 0. The molecule has 0 fully saturated rings. The van der Waals surface area contributed by atoms with E-state index in [4.69, 9.17) is 4.74 Å². The Hall–Kier alpha value is -3.81. The Morgan fingerprint density at radius 1 is 1.02 bits per heavy atom. The molecule has 230 valence electrons. The summed E-state index contributed by atoms with van der Waals surface area (Å²) in [7, 11) is 0. The van der Waals surface area contributed by atoms with Gasteiger partial charge < -0.3 is 25.4 Å². The summed E-state index contributed by atoms with van der Waals surface area (Å²) in [6.45, 7) is 18.9. The summed E-state index contributed by atoms with van der Waals surface area (Å²) in [6, 6.07) is 11.8. The Kier molecular flexibility index (Phi) is 12.2. The Balaban J connectivity index is 2.70. The Bertz CT molecular complexity index is 1220. The number of hydrogen-bond acceptors (Lipinski definition) is 5. The lowest BCUT2D eigenvalue weighted by atomic mass is 9.90. The number of nitrogens with zero attached hydrogens (tertiary/aromatic N) is 1. The van der Waals surface area contributed by atoms with Gasteiger partial charge in [-0.2, -0.15) is 0 Å². The molecule has 0 spiro atoms. The number of rotatable bonds is 13. The van der Waals surface area contributed by atoms with E-state index in [0.717, 1.165) is 24.0 Å². The van der Waals surface area contributed by atoms with Crippen molar-refractivity contribution in [2.75, 3.05) is 0 Å². The highest BCUT2D eigenvalue weighted by Gasteiger charge is 2.43. The molecule has 0 radical (unpaired) electrons. The molecule has 3 N–H and O–H groups in total. The van der Waals surface area contributed by atoms with Crippen molar-refractivity contribution in [2.24, 2.45) is 0 Å². The first-order valence-corrected chi connectivity index (χ1v) is 14.7. The molecule has 0 bridgehead atoms. The van der Waals surface area contributed by atoms with E-state index in [1.54, 1.807) is 43.9 Å². The van der Waals surface area contributed by atoms with Crippen molar-refractivity contribution in [1.29, 1.82) is 0 Å². The first kappa shape index (κ1) is 34.4. The van der Waals surface area contributed by atoms with Gasteiger partial charge in [0.15, 0.2) is 0 Å². The van der Waals surface area contributed by atoms with Gasteiger partial charge in [-0.3, -0.25) is 9.59 Å². The lowest BCUT2D eigenvalue weighted by Gasteiger charge is -2.45. The first-order valence-electron chi connectivity index (χ1n) is 14.7. The molecule has 2 aromatic carbocycles. The van der Waals surface area contributed by atoms with Crippen LogP contribution in [-0.2, 0) is 20.7 Å². The van der Waals surface area contributed by atoms with Crippen molar-refractivity contribution in [2.45, 2.75) is 110 Å². The van der Waals surface area contributed by atoms with Crippen LogP contribution >= 0.6 is 0 Å². The number of benzene rings is 2. The largest absolute Gasteiger partial charge is 0.508 e. The minimum absolute atomic E-state index is 0.0931. The second kappa shape index (κ2) is 14.9. The third kappa shape index (κ3) is 9.93. The molecule has 0 aliphatic carbocycles. The summed E-state index contributed by atoms with van der Waals surface area (Å²) in [5.74, 6) is -0.628. The fraction of sp³-hybridized carbons (Fsp3) is 0.500. The maximum Gasteiger partial charge on any atom is 0.408 e. The topological polar surface area (TPSA) is 108 Å². The normalized spacial score (nSPS) is 13.8. The van der Waals surface area contributed by atoms with Crippen LogP contribution in [0.5, 0.6) is 5.75 Å². The van der Waals surface area contributed by atoms with Crippen molar-refractivity contribution >= 4 is 24.0 Å². The minimum atomic E-state index is -1.05. The van der Waals surface area contributed by atoms with Crippen molar-refractivity contribution in [3.8, 4) is 5.75 Å². The third-order valence-electron chi connectivity index (χ3n) is 7.20. The summed E-state index contributed by atoms with van der Waals surface area (Å²) in [4.78, 5) is 43.4. The van der Waals surface area contributed by atoms with Crippen molar-refractivity contribution in [3.63, 3.8) is 0 Å². The van der Waals surface area contributed by atoms with Gasteiger partial charge in [0.2, 0.25) is 11.8 Å². The summed E-state index contributed by atoms with van der Waals surface area (Å²) < 4.78 is 5.52. The molecule has 3 amide bonds. The number of carbonyl (C=O) groups is 3. The molecule has 8 nitrogen and oxygen atoms in total. The van der Waals surface area contributed by atoms with Gasteiger partial charge in [0.1, 0.15) is 23.4 Å². The van der Waals surface area contributed by atoms with Crippen molar-refractivity contribution in [1.82, 2.24) is 15.5 Å². The molecule has 0 saturated heterocycles. The van der Waals surface area contributed by atoms with Crippen LogP contribution in [-0.4, -0.2) is 51.1 Å². The average molecular weight is 580 g/mol. The van der Waals surface area contributed by atoms with Gasteiger partial charge in [-0.25, -0.2) is 4.79 Å². The SMILES string of the molecule is C=Cc1cccc(C(C(=O)NC(C)CCC)N(C(=O)C(Cc2ccc(O)cc2)NC(=O)OC(C)(C)C)C(C)(C)CC)c1. The molecule has 2 aromatic rings. The predicted molar refractivity (Wildman–Crippen MR) is 168 cm³/mol. The van der Waals surface area contributed by atoms with E-state index in [1.165, 1.54) is 12.1 Å². The molecular formula is C34H49N3O5. The van der Waals surface area contributed by atoms with E-state index in [2.05, 4.69) is 24.1 Å². The highest BCUT2D eigenvalue weighted by molar-refractivity contribution is 5.93. The molecule has 0 aliphatic heterocycles. The zero-order valence-electron chi connectivity index (χ0n) is 26.5. The second-order valence-electron chi connectivity index (χ2n) is 12.4. The van der Waals surface area contributed by atoms with E-state index in [0.29, 0.717) is 12.0 Å². The fourth-order valence-corrected chi connectivity index (χ4v) is 4.73. The van der Waals surface area contributed by atoms with Gasteiger partial charge in [0, 0.05) is 18.0 Å². The van der Waals surface area contributed by atoms with Gasteiger partial charge in [0.05, 0.1) is 0 Å². The molecule has 3 atom stereocenters. The number of aromatic hydroxyl groups is 1. The molecule has 3 unspecified atom stereocenters. The van der Waals surface area contributed by atoms with Gasteiger partial charge in [0.25, 0.3) is 0 Å². The van der Waals surface area contributed by atoms with E-state index >= 15 is 0 Å². The monoisotopic (exact) mass is 579 g/mol. The highest BCUT2D eigenvalue weighted by atomic mass is 16.6. The molecule has 0 aliphatic rings. The van der Waals surface area contributed by atoms with Crippen LogP contribution in [0.2, 0.25) is 0 Å². The smallest absolute Gasteiger partial charge is 0.408 e. The lowest BCUT2D eigenvalue weighted by molar-refractivity contribution is -0.149. The van der Waals surface area contributed by atoms with Crippen molar-refractivity contribution in [3.05, 3.63) is 71.8 Å². The van der Waals surface area contributed by atoms with E-state index in [1.807, 2.05) is 52.0 Å². The number of ether oxygens (including phenoxy) is 1. The van der Waals surface area contributed by atoms with Crippen LogP contribution in [0, 0.1) is 0 Å². The number of hydrogen-bond donors (Lipinski definition) is 3. The summed E-state index contributed by atoms with van der Waals surface area (Å²) in [5, 5.41) is 15.7. The lowest BCUT2D eigenvalue weighted by Crippen LogP contribution is -2.60. The number of nitrogens with one attached hydrogen (secondary N) is 2. The Labute approximate surface area is 251 Å². The number of amides is 3. The molecule has 0 aromatic heterocycles. The standard InChI is InChI=1S/C34H49N3O5/c1-10-14-23(4)35-30(39)29(26-16-13-15-24(11-2)21-26)37(34(8,9)12-3)31(40)28(36-32(41)42-33(5,6)7)22-25-17-19-27(38)20-18-25/h11,13,15-21,23,28-29,38H,2,10,12,14,22H2,1,3-9H3,(H,35,39)(H,36,41). The zero-order chi connectivity index (χ0) is 31.7. The fourth-order valence-electron chi connectivity index (χ4n) is 4.73. The highest BCUT2D eigenvalue weighted by Crippen LogP contribution is 2.33. The van der Waals surface area contributed by atoms with Crippen LogP contribution in [0.25, 0.3) is 6.08 Å². The molecule has 0 saturated carbocycles. The number of carbonyl (C=O) groups excluding carboxylic acids is 3. The number of phenolic OH excluding ortho intramolecular Hbond substituents is 1. The Morgan fingerprint density at radius 3 is 2.21 bits per heavy atom. The number of phenols is 1. The minimum Gasteiger partial charge on any atom is -0.508 e. The Morgan fingerprint density at radius 2 is 1.67 bits per heavy atom. The van der Waals surface area contributed by atoms with Gasteiger partial charge >= 0.3 is 6.09 Å². The quantitative estimate of drug-likeness (QED) is 0.250. The van der Waals surface area contributed by atoms with Crippen LogP contribution < -0.4 is 10.6 Å². The maximum atomic E-state index is 14.7. The van der Waals surface area contributed by atoms with Gasteiger partial charge in [-0.1, -0.05) is 63.3 Å². The van der Waals surface area contributed by atoms with Gasteiger partial charge in [-0.05, 0) is 89.3 Å². The van der Waals surface area contributed by atoms with E-state index in [-0.39, 0.29) is 24.1 Å². The molecular weight excluding hydrogens is 530 g/mol. The van der Waals surface area contributed by atoms with Crippen LogP contribution in [0.1, 0.15) is 97.4 Å². The maximum absolute atomic E-state index is 14.7.